The minimum Gasteiger partial charge on any atom is -0.420 e. The summed E-state index contributed by atoms with van der Waals surface area (Å²) in [5, 5.41) is 0. The Balaban J connectivity index is 2.67. The molecule has 0 saturated carbocycles. The van der Waals surface area contributed by atoms with Crippen LogP contribution >= 0.6 is 0 Å². The minimum absolute atomic E-state index is 0.00410. The maximum Gasteiger partial charge on any atom is 0.416 e. The zero-order valence-corrected chi connectivity index (χ0v) is 7.21. The number of aromatic nitrogens is 1. The zero-order valence-electron chi connectivity index (χ0n) is 7.21. The molecule has 0 aliphatic heterocycles. The summed E-state index contributed by atoms with van der Waals surface area (Å²) >= 11 is 0. The van der Waals surface area contributed by atoms with Crippen LogP contribution in [0.4, 0.5) is 13.2 Å². The van der Waals surface area contributed by atoms with Crippen LogP contribution in [-0.4, -0.2) is 4.98 Å². The highest BCUT2D eigenvalue weighted by atomic mass is 19.4. The molecule has 0 fully saturated rings. The molecule has 0 N–H and O–H groups in total. The van der Waals surface area contributed by atoms with Gasteiger partial charge in [0.05, 0.1) is 5.56 Å². The third-order valence-corrected chi connectivity index (χ3v) is 1.81. The van der Waals surface area contributed by atoms with Gasteiger partial charge >= 0.3 is 11.8 Å². The Kier molecular flexibility index (Phi) is 1.99. The molecule has 0 saturated heterocycles. The van der Waals surface area contributed by atoms with E-state index in [1.54, 1.807) is 0 Å². The highest BCUT2D eigenvalue weighted by Crippen LogP contribution is 2.30. The highest BCUT2D eigenvalue weighted by Gasteiger charge is 2.30. The molecule has 0 amide bonds. The maximum atomic E-state index is 12.3. The second-order valence-corrected chi connectivity index (χ2v) is 2.86. The van der Waals surface area contributed by atoms with Gasteiger partial charge in [-0.3, -0.25) is 0 Å². The average molecular weight is 215 g/mol. The van der Waals surface area contributed by atoms with E-state index in [-0.39, 0.29) is 11.1 Å². The first-order valence-electron chi connectivity index (χ1n) is 3.94. The van der Waals surface area contributed by atoms with Gasteiger partial charge in [-0.25, -0.2) is 9.78 Å². The molecular weight excluding hydrogens is 211 g/mol. The first-order chi connectivity index (χ1) is 6.97. The van der Waals surface area contributed by atoms with Crippen molar-refractivity contribution in [3.63, 3.8) is 0 Å². The van der Waals surface area contributed by atoms with Gasteiger partial charge in [-0.05, 0) is 18.2 Å². The fraction of sp³-hybridized carbons (Fsp3) is 0.111. The van der Waals surface area contributed by atoms with E-state index in [0.717, 1.165) is 24.4 Å². The quantitative estimate of drug-likeness (QED) is 0.676. The Labute approximate surface area is 81.2 Å². The van der Waals surface area contributed by atoms with Crippen LogP contribution in [0.15, 0.2) is 33.6 Å². The number of alkyl halides is 3. The van der Waals surface area contributed by atoms with Crippen molar-refractivity contribution in [2.24, 2.45) is 0 Å². The molecule has 0 aliphatic carbocycles. The van der Waals surface area contributed by atoms with Crippen LogP contribution in [0.5, 0.6) is 0 Å². The van der Waals surface area contributed by atoms with Crippen LogP contribution in [0.2, 0.25) is 0 Å². The normalized spacial score (nSPS) is 11.9. The summed E-state index contributed by atoms with van der Waals surface area (Å²) in [7, 11) is 0. The van der Waals surface area contributed by atoms with Crippen LogP contribution in [0.3, 0.4) is 0 Å². The van der Waals surface area contributed by atoms with E-state index in [4.69, 9.17) is 0 Å². The molecule has 15 heavy (non-hydrogen) atoms. The summed E-state index contributed by atoms with van der Waals surface area (Å²) in [5.41, 5.74) is -1.47. The number of benzene rings is 1. The van der Waals surface area contributed by atoms with Crippen molar-refractivity contribution >= 4 is 11.1 Å². The molecule has 0 bridgehead atoms. The Morgan fingerprint density at radius 3 is 2.67 bits per heavy atom. The van der Waals surface area contributed by atoms with Crippen molar-refractivity contribution in [2.75, 3.05) is 0 Å². The first kappa shape index (κ1) is 9.70. The van der Waals surface area contributed by atoms with Gasteiger partial charge in [-0.2, -0.15) is 13.2 Å². The molecule has 0 unspecified atom stereocenters. The topological polar surface area (TPSA) is 43.1 Å². The largest absolute Gasteiger partial charge is 0.420 e. The van der Waals surface area contributed by atoms with Crippen LogP contribution in [0, 0.1) is 0 Å². The van der Waals surface area contributed by atoms with Gasteiger partial charge in [0.25, 0.3) is 0 Å². The number of fused-ring (bicyclic) bond motifs is 1. The Morgan fingerprint density at radius 1 is 1.27 bits per heavy atom. The zero-order chi connectivity index (χ0) is 11.1. The van der Waals surface area contributed by atoms with Crippen molar-refractivity contribution < 1.29 is 17.6 Å². The van der Waals surface area contributed by atoms with Crippen LogP contribution < -0.4 is 5.63 Å². The van der Waals surface area contributed by atoms with Crippen molar-refractivity contribution in [1.29, 1.82) is 0 Å². The summed E-state index contributed by atoms with van der Waals surface area (Å²) in [6.45, 7) is 0. The predicted octanol–water partition coefficient (Wildman–Crippen LogP) is 2.21. The van der Waals surface area contributed by atoms with E-state index in [1.807, 2.05) is 0 Å². The van der Waals surface area contributed by atoms with Gasteiger partial charge < -0.3 is 4.42 Å². The molecule has 0 spiro atoms. The minimum atomic E-state index is -4.42. The van der Waals surface area contributed by atoms with Gasteiger partial charge in [-0.1, -0.05) is 0 Å². The van der Waals surface area contributed by atoms with Gasteiger partial charge in [-0.15, -0.1) is 0 Å². The molecule has 0 atom stereocenters. The molecule has 0 radical (unpaired) electrons. The molecule has 1 heterocycles. The lowest BCUT2D eigenvalue weighted by Crippen LogP contribution is -2.05. The SMILES string of the molecule is O=c1cnc2cc(C(F)(F)F)ccc2o1. The van der Waals surface area contributed by atoms with Crippen LogP contribution in [0.25, 0.3) is 11.1 Å². The lowest BCUT2D eigenvalue weighted by molar-refractivity contribution is -0.137. The summed E-state index contributed by atoms with van der Waals surface area (Å²) in [5.74, 6) is 0. The maximum absolute atomic E-state index is 12.3. The molecule has 6 heteroatoms. The lowest BCUT2D eigenvalue weighted by Gasteiger charge is -2.05. The number of rotatable bonds is 0. The van der Waals surface area contributed by atoms with E-state index in [1.165, 1.54) is 0 Å². The van der Waals surface area contributed by atoms with Crippen molar-refractivity contribution in [3.8, 4) is 0 Å². The summed E-state index contributed by atoms with van der Waals surface area (Å²) in [6.07, 6.45) is -3.59. The molecule has 1 aromatic heterocycles. The third kappa shape index (κ3) is 1.83. The summed E-state index contributed by atoms with van der Waals surface area (Å²) in [4.78, 5) is 14.3. The standard InChI is InChI=1S/C9H4F3NO2/c10-9(11,12)5-1-2-7-6(3-5)13-4-8(14)15-7/h1-4H. The Hall–Kier alpha value is -1.85. The van der Waals surface area contributed by atoms with E-state index >= 15 is 0 Å². The van der Waals surface area contributed by atoms with E-state index < -0.39 is 17.4 Å². The molecule has 1 aromatic carbocycles. The molecule has 78 valence electrons. The van der Waals surface area contributed by atoms with E-state index in [2.05, 4.69) is 9.40 Å². The first-order valence-corrected chi connectivity index (χ1v) is 3.94. The van der Waals surface area contributed by atoms with Crippen molar-refractivity contribution in [1.82, 2.24) is 4.98 Å². The third-order valence-electron chi connectivity index (χ3n) is 1.81. The van der Waals surface area contributed by atoms with Crippen LogP contribution in [0.1, 0.15) is 5.56 Å². The second-order valence-electron chi connectivity index (χ2n) is 2.86. The fourth-order valence-corrected chi connectivity index (χ4v) is 1.14. The Bertz CT molecular complexity index is 559. The average Bonchev–Trinajstić information content (AvgIpc) is 2.15. The molecule has 3 nitrogen and oxygen atoms in total. The number of hydrogen-bond donors (Lipinski definition) is 0. The smallest absolute Gasteiger partial charge is 0.416 e. The second kappa shape index (κ2) is 3.08. The molecule has 2 rings (SSSR count). The number of hydrogen-bond acceptors (Lipinski definition) is 3. The molecular formula is C9H4F3NO2. The van der Waals surface area contributed by atoms with Gasteiger partial charge in [0.15, 0.2) is 5.58 Å². The van der Waals surface area contributed by atoms with Crippen LogP contribution in [-0.2, 0) is 6.18 Å². The fourth-order valence-electron chi connectivity index (χ4n) is 1.14. The monoisotopic (exact) mass is 215 g/mol. The molecule has 0 aliphatic rings. The van der Waals surface area contributed by atoms with Gasteiger partial charge in [0, 0.05) is 0 Å². The number of nitrogens with zero attached hydrogens (tertiary/aromatic N) is 1. The predicted molar refractivity (Wildman–Crippen MR) is 45.3 cm³/mol. The van der Waals surface area contributed by atoms with E-state index in [0.29, 0.717) is 0 Å². The summed E-state index contributed by atoms with van der Waals surface area (Å²) < 4.78 is 41.5. The van der Waals surface area contributed by atoms with Crippen molar-refractivity contribution in [2.45, 2.75) is 6.18 Å². The lowest BCUT2D eigenvalue weighted by atomic mass is 10.2. The van der Waals surface area contributed by atoms with E-state index in [9.17, 15) is 18.0 Å². The highest BCUT2D eigenvalue weighted by molar-refractivity contribution is 5.72. The Morgan fingerprint density at radius 2 is 2.00 bits per heavy atom. The van der Waals surface area contributed by atoms with Gasteiger partial charge in [0.1, 0.15) is 11.7 Å². The van der Waals surface area contributed by atoms with Crippen molar-refractivity contribution in [3.05, 3.63) is 40.4 Å². The van der Waals surface area contributed by atoms with Gasteiger partial charge in [0.2, 0.25) is 0 Å². The number of halogens is 3. The summed E-state index contributed by atoms with van der Waals surface area (Å²) in [6, 6.07) is 2.75. The molecule has 2 aromatic rings.